The normalized spacial score (nSPS) is 12.7. The van der Waals surface area contributed by atoms with Gasteiger partial charge in [-0.2, -0.15) is 0 Å². The molecule has 0 radical (unpaired) electrons. The summed E-state index contributed by atoms with van der Waals surface area (Å²) in [5.41, 5.74) is 0. The number of hydrogen-bond donors (Lipinski definition) is 0. The molecule has 1 atom stereocenters. The molecule has 0 N–H and O–H groups in total. The highest BCUT2D eigenvalue weighted by molar-refractivity contribution is 5.71. The summed E-state index contributed by atoms with van der Waals surface area (Å²) in [5, 5.41) is 0. The summed E-state index contributed by atoms with van der Waals surface area (Å²) in [6, 6.07) is 0. The highest BCUT2D eigenvalue weighted by atomic mass is 16.6. The predicted molar refractivity (Wildman–Crippen MR) is 293 cm³/mol. The molecular formula is C62H106O6. The molecule has 1 unspecified atom stereocenters. The van der Waals surface area contributed by atoms with Gasteiger partial charge in [0.25, 0.3) is 0 Å². The van der Waals surface area contributed by atoms with Crippen LogP contribution in [0.1, 0.15) is 271 Å². The number of carbonyl (C=O) groups is 3. The van der Waals surface area contributed by atoms with E-state index in [2.05, 4.69) is 106 Å². The smallest absolute Gasteiger partial charge is 0.306 e. The van der Waals surface area contributed by atoms with Crippen molar-refractivity contribution in [2.45, 2.75) is 277 Å². The number of rotatable bonds is 51. The average molecular weight is 948 g/mol. The standard InChI is InChI=1S/C62H106O6/c1-4-7-10-13-16-19-22-25-28-30-32-34-37-40-43-46-49-52-55-61(64)67-58-59(57-66-60(63)54-51-48-45-42-39-36-33-27-24-21-18-15-12-9-6-3)68-62(65)56-53-50-47-44-41-38-35-31-29-26-23-20-17-14-11-8-5-2/h8,11,17,19-20,22,26-30,33,35,38,59H,4-7,9-10,12-16,18,21,23-25,31-32,34,36-37,39-58H2,1-3H3/b11-8-,20-17-,22-19-,29-26-,30-28-,33-27-,38-35-. The molecule has 6 nitrogen and oxygen atoms in total. The maximum absolute atomic E-state index is 12.8. The monoisotopic (exact) mass is 947 g/mol. The van der Waals surface area contributed by atoms with Crippen LogP contribution in [0.15, 0.2) is 85.1 Å². The molecule has 68 heavy (non-hydrogen) atoms. The van der Waals surface area contributed by atoms with E-state index in [4.69, 9.17) is 14.2 Å². The maximum atomic E-state index is 12.8. The minimum atomic E-state index is -0.797. The second-order valence-corrected chi connectivity index (χ2v) is 18.8. The largest absolute Gasteiger partial charge is 0.462 e. The summed E-state index contributed by atoms with van der Waals surface area (Å²) in [6.45, 7) is 6.48. The van der Waals surface area contributed by atoms with Crippen LogP contribution in [0.25, 0.3) is 0 Å². The minimum absolute atomic E-state index is 0.0933. The SMILES string of the molecule is CC/C=C\C/C=C\C/C=C\C/C=C\CCCCCCC(=O)OC(COC(=O)CCCCCCC/C=C\CCCCCCCC)COC(=O)CCCCCCCCC/C=C\C/C=C\CCCCCC. The van der Waals surface area contributed by atoms with Gasteiger partial charge in [0.15, 0.2) is 6.10 Å². The molecule has 0 aliphatic rings. The third-order valence-electron chi connectivity index (χ3n) is 12.1. The maximum Gasteiger partial charge on any atom is 0.306 e. The molecule has 0 aliphatic heterocycles. The molecule has 6 heteroatoms. The van der Waals surface area contributed by atoms with Gasteiger partial charge in [-0.3, -0.25) is 14.4 Å². The quantitative estimate of drug-likeness (QED) is 0.0262. The van der Waals surface area contributed by atoms with Crippen molar-refractivity contribution in [1.82, 2.24) is 0 Å². The number of hydrogen-bond acceptors (Lipinski definition) is 6. The Hall–Kier alpha value is -3.41. The van der Waals surface area contributed by atoms with Gasteiger partial charge < -0.3 is 14.2 Å². The number of allylic oxidation sites excluding steroid dienone is 14. The van der Waals surface area contributed by atoms with Crippen LogP contribution < -0.4 is 0 Å². The molecule has 390 valence electrons. The second kappa shape index (κ2) is 56.2. The van der Waals surface area contributed by atoms with Crippen molar-refractivity contribution in [1.29, 1.82) is 0 Å². The van der Waals surface area contributed by atoms with Gasteiger partial charge in [-0.25, -0.2) is 0 Å². The molecule has 0 bridgehead atoms. The number of unbranched alkanes of at least 4 members (excludes halogenated alkanes) is 26. The Kier molecular flexibility index (Phi) is 53.4. The zero-order chi connectivity index (χ0) is 49.3. The number of carbonyl (C=O) groups excluding carboxylic acids is 3. The van der Waals surface area contributed by atoms with Crippen molar-refractivity contribution in [3.05, 3.63) is 85.1 Å². The van der Waals surface area contributed by atoms with Crippen molar-refractivity contribution in [2.24, 2.45) is 0 Å². The van der Waals surface area contributed by atoms with Gasteiger partial charge in [0.05, 0.1) is 0 Å². The summed E-state index contributed by atoms with van der Waals surface area (Å²) in [6.07, 6.45) is 72.8. The summed E-state index contributed by atoms with van der Waals surface area (Å²) < 4.78 is 16.8. The van der Waals surface area contributed by atoms with Gasteiger partial charge in [-0.1, -0.05) is 221 Å². The van der Waals surface area contributed by atoms with Crippen molar-refractivity contribution < 1.29 is 28.6 Å². The molecule has 0 saturated carbocycles. The fourth-order valence-electron chi connectivity index (χ4n) is 7.81. The topological polar surface area (TPSA) is 78.9 Å². The molecule has 0 aliphatic carbocycles. The Morgan fingerprint density at radius 3 is 0.926 bits per heavy atom. The van der Waals surface area contributed by atoms with E-state index in [1.165, 1.54) is 116 Å². The van der Waals surface area contributed by atoms with E-state index in [1.807, 2.05) is 0 Å². The lowest BCUT2D eigenvalue weighted by molar-refractivity contribution is -0.167. The van der Waals surface area contributed by atoms with Gasteiger partial charge in [0, 0.05) is 19.3 Å². The van der Waals surface area contributed by atoms with Crippen molar-refractivity contribution in [3.8, 4) is 0 Å². The zero-order valence-corrected chi connectivity index (χ0v) is 44.6. The summed E-state index contributed by atoms with van der Waals surface area (Å²) >= 11 is 0. The van der Waals surface area contributed by atoms with Gasteiger partial charge in [0.1, 0.15) is 13.2 Å². The molecule has 0 fully saturated rings. The van der Waals surface area contributed by atoms with Crippen molar-refractivity contribution in [3.63, 3.8) is 0 Å². The van der Waals surface area contributed by atoms with E-state index in [9.17, 15) is 14.4 Å². The van der Waals surface area contributed by atoms with Crippen LogP contribution in [0, 0.1) is 0 Å². The summed E-state index contributed by atoms with van der Waals surface area (Å²) in [5.74, 6) is -0.928. The Morgan fingerprint density at radius 2 is 0.574 bits per heavy atom. The lowest BCUT2D eigenvalue weighted by Crippen LogP contribution is -2.30. The van der Waals surface area contributed by atoms with Gasteiger partial charge in [-0.05, 0) is 116 Å². The third-order valence-corrected chi connectivity index (χ3v) is 12.1. The van der Waals surface area contributed by atoms with Gasteiger partial charge in [-0.15, -0.1) is 0 Å². The zero-order valence-electron chi connectivity index (χ0n) is 44.6. The first-order chi connectivity index (χ1) is 33.5. The first-order valence-electron chi connectivity index (χ1n) is 28.6. The first kappa shape index (κ1) is 64.6. The molecule has 0 heterocycles. The Balaban J connectivity index is 4.45. The van der Waals surface area contributed by atoms with E-state index in [0.717, 1.165) is 116 Å². The molecule has 0 aromatic carbocycles. The van der Waals surface area contributed by atoms with Crippen LogP contribution in [-0.4, -0.2) is 37.2 Å². The van der Waals surface area contributed by atoms with Crippen LogP contribution in [0.5, 0.6) is 0 Å². The molecule has 0 aromatic heterocycles. The Labute approximate surface area is 420 Å². The van der Waals surface area contributed by atoms with E-state index in [-0.39, 0.29) is 31.1 Å². The molecule has 0 amide bonds. The fourth-order valence-corrected chi connectivity index (χ4v) is 7.81. The van der Waals surface area contributed by atoms with Gasteiger partial charge in [0.2, 0.25) is 0 Å². The molecule has 0 aromatic rings. The highest BCUT2D eigenvalue weighted by Crippen LogP contribution is 2.14. The highest BCUT2D eigenvalue weighted by Gasteiger charge is 2.19. The third kappa shape index (κ3) is 53.5. The van der Waals surface area contributed by atoms with Crippen LogP contribution in [-0.2, 0) is 28.6 Å². The average Bonchev–Trinajstić information content (AvgIpc) is 3.34. The van der Waals surface area contributed by atoms with Crippen LogP contribution in [0.4, 0.5) is 0 Å². The van der Waals surface area contributed by atoms with E-state index in [1.54, 1.807) is 0 Å². The number of ether oxygens (including phenoxy) is 3. The van der Waals surface area contributed by atoms with Gasteiger partial charge >= 0.3 is 17.9 Å². The lowest BCUT2D eigenvalue weighted by Gasteiger charge is -2.18. The summed E-state index contributed by atoms with van der Waals surface area (Å²) in [7, 11) is 0. The van der Waals surface area contributed by atoms with E-state index >= 15 is 0 Å². The second-order valence-electron chi connectivity index (χ2n) is 18.8. The molecule has 0 spiro atoms. The van der Waals surface area contributed by atoms with E-state index in [0.29, 0.717) is 19.3 Å². The van der Waals surface area contributed by atoms with E-state index < -0.39 is 6.10 Å². The van der Waals surface area contributed by atoms with Crippen molar-refractivity contribution >= 4 is 17.9 Å². The minimum Gasteiger partial charge on any atom is -0.462 e. The lowest BCUT2D eigenvalue weighted by atomic mass is 10.1. The molecule has 0 rings (SSSR count). The predicted octanol–water partition coefficient (Wildman–Crippen LogP) is 19.2. The summed E-state index contributed by atoms with van der Waals surface area (Å²) in [4.78, 5) is 38.2. The fraction of sp³-hybridized carbons (Fsp3) is 0.726. The first-order valence-corrected chi connectivity index (χ1v) is 28.6. The Bertz CT molecular complexity index is 1320. The van der Waals surface area contributed by atoms with Crippen LogP contribution in [0.2, 0.25) is 0 Å². The van der Waals surface area contributed by atoms with Crippen molar-refractivity contribution in [2.75, 3.05) is 13.2 Å². The molecule has 0 saturated heterocycles. The molecular weight excluding hydrogens is 841 g/mol. The van der Waals surface area contributed by atoms with Crippen LogP contribution >= 0.6 is 0 Å². The number of esters is 3. The Morgan fingerprint density at radius 1 is 0.309 bits per heavy atom. The van der Waals surface area contributed by atoms with Crippen LogP contribution in [0.3, 0.4) is 0 Å².